The van der Waals surface area contributed by atoms with E-state index in [1.807, 2.05) is 0 Å². The summed E-state index contributed by atoms with van der Waals surface area (Å²) in [5.74, 6) is 3.17. The Hall–Kier alpha value is -3.48. The topological polar surface area (TPSA) is 107 Å². The maximum absolute atomic E-state index is 13.1. The lowest BCUT2D eigenvalue weighted by Gasteiger charge is -2.23. The van der Waals surface area contributed by atoms with Gasteiger partial charge < -0.3 is 14.4 Å². The van der Waals surface area contributed by atoms with Gasteiger partial charge in [-0.2, -0.15) is 15.3 Å². The van der Waals surface area contributed by atoms with Gasteiger partial charge in [0.05, 0.1) is 38.2 Å². The quantitative estimate of drug-likeness (QED) is 0.568. The Balaban J connectivity index is 1.81. The lowest BCUT2D eigenvalue weighted by molar-refractivity contribution is -0.119. The summed E-state index contributed by atoms with van der Waals surface area (Å²) in [6.07, 6.45) is 12.1. The van der Waals surface area contributed by atoms with Crippen molar-refractivity contribution in [1.29, 1.82) is 0 Å². The summed E-state index contributed by atoms with van der Waals surface area (Å²) < 4.78 is 12.3. The number of aryl methyl sites for hydroxylation is 1. The van der Waals surface area contributed by atoms with Gasteiger partial charge in [0.15, 0.2) is 5.66 Å². The van der Waals surface area contributed by atoms with Gasteiger partial charge in [0.1, 0.15) is 6.33 Å². The van der Waals surface area contributed by atoms with Crippen molar-refractivity contribution in [1.82, 2.24) is 19.7 Å². The zero-order chi connectivity index (χ0) is 20.9. The second kappa shape index (κ2) is 8.68. The van der Waals surface area contributed by atoms with Gasteiger partial charge in [0.25, 0.3) is 0 Å². The van der Waals surface area contributed by atoms with Crippen LogP contribution in [0.15, 0.2) is 28.9 Å². The molecule has 0 N–H and O–H groups in total. The predicted molar refractivity (Wildman–Crippen MR) is 104 cm³/mol. The van der Waals surface area contributed by atoms with Gasteiger partial charge >= 0.3 is 0 Å². The van der Waals surface area contributed by atoms with Crippen LogP contribution in [0.1, 0.15) is 31.2 Å². The molecule has 0 atom stereocenters. The number of carbonyl (C=O) groups is 1. The molecule has 0 saturated carbocycles. The van der Waals surface area contributed by atoms with Gasteiger partial charge in [-0.3, -0.25) is 9.48 Å². The fourth-order valence-electron chi connectivity index (χ4n) is 3.01. The van der Waals surface area contributed by atoms with E-state index in [0.717, 1.165) is 0 Å². The summed E-state index contributed by atoms with van der Waals surface area (Å²) in [5.41, 5.74) is 0.693. The number of terminal acetylenes is 1. The van der Waals surface area contributed by atoms with E-state index in [-0.39, 0.29) is 18.9 Å². The number of aromatic nitrogens is 4. The van der Waals surface area contributed by atoms with Crippen molar-refractivity contribution in [3.8, 4) is 24.1 Å². The number of rotatable bonds is 10. The molecule has 0 spiro atoms. The van der Waals surface area contributed by atoms with Gasteiger partial charge in [0.2, 0.25) is 17.7 Å². The third-order valence-corrected chi connectivity index (χ3v) is 4.67. The maximum atomic E-state index is 13.1. The van der Waals surface area contributed by atoms with Crippen LogP contribution in [0.2, 0.25) is 0 Å². The molecular formula is C19H23N7O3. The number of ether oxygens (including phenoxy) is 2. The number of hydrogen-bond acceptors (Lipinski definition) is 8. The van der Waals surface area contributed by atoms with Crippen LogP contribution in [0.3, 0.4) is 0 Å². The molecule has 0 radical (unpaired) electrons. The molecule has 3 rings (SSSR count). The zero-order valence-corrected chi connectivity index (χ0v) is 16.7. The first-order chi connectivity index (χ1) is 14.0. The molecule has 2 aromatic rings. The highest BCUT2D eigenvalue weighted by Crippen LogP contribution is 2.38. The summed E-state index contributed by atoms with van der Waals surface area (Å²) in [5, 5.41) is 12.4. The first-order valence-corrected chi connectivity index (χ1v) is 9.10. The third-order valence-electron chi connectivity index (χ3n) is 4.67. The van der Waals surface area contributed by atoms with Crippen LogP contribution in [-0.2, 0) is 18.4 Å². The van der Waals surface area contributed by atoms with E-state index in [0.29, 0.717) is 42.3 Å². The Morgan fingerprint density at radius 3 is 2.45 bits per heavy atom. The van der Waals surface area contributed by atoms with Gasteiger partial charge in [-0.05, 0) is 0 Å². The third kappa shape index (κ3) is 4.68. The van der Waals surface area contributed by atoms with E-state index in [1.165, 1.54) is 20.5 Å². The molecule has 1 aliphatic rings. The van der Waals surface area contributed by atoms with E-state index in [2.05, 4.69) is 31.2 Å². The first kappa shape index (κ1) is 20.3. The molecule has 0 bridgehead atoms. The van der Waals surface area contributed by atoms with Crippen LogP contribution in [0, 0.1) is 12.3 Å². The molecule has 0 unspecified atom stereocenters. The molecule has 29 heavy (non-hydrogen) atoms. The number of anilines is 1. The Bertz CT molecular complexity index is 919. The van der Waals surface area contributed by atoms with Gasteiger partial charge in [-0.25, -0.2) is 9.97 Å². The highest BCUT2D eigenvalue weighted by Gasteiger charge is 2.40. The van der Waals surface area contributed by atoms with Crippen LogP contribution in [0.4, 0.5) is 5.69 Å². The normalized spacial score (nSPS) is 13.6. The fourth-order valence-corrected chi connectivity index (χ4v) is 3.01. The van der Waals surface area contributed by atoms with E-state index in [9.17, 15) is 4.79 Å². The van der Waals surface area contributed by atoms with Crippen molar-refractivity contribution in [3.63, 3.8) is 0 Å². The van der Waals surface area contributed by atoms with Crippen molar-refractivity contribution in [2.45, 2.75) is 37.9 Å². The summed E-state index contributed by atoms with van der Waals surface area (Å²) in [4.78, 5) is 23.0. The van der Waals surface area contributed by atoms with Crippen molar-refractivity contribution < 1.29 is 14.3 Å². The Kier molecular flexibility index (Phi) is 6.07. The monoisotopic (exact) mass is 397 g/mol. The van der Waals surface area contributed by atoms with Crippen LogP contribution < -0.4 is 14.4 Å². The van der Waals surface area contributed by atoms with E-state index < -0.39 is 5.66 Å². The molecule has 0 saturated heterocycles. The van der Waals surface area contributed by atoms with Crippen LogP contribution in [-0.4, -0.2) is 45.5 Å². The highest BCUT2D eigenvalue weighted by molar-refractivity contribution is 5.93. The molecule has 1 amide bonds. The molecule has 10 heteroatoms. The van der Waals surface area contributed by atoms with Gasteiger partial charge in [-0.15, -0.1) is 12.3 Å². The second-order valence-corrected chi connectivity index (χ2v) is 6.61. The standard InChI is InChI=1S/C19H23N7O3/c1-5-6-8-19(23-24-19)9-7-16(27)26(14-10-22-25(2)11-14)12-15-17(28-3)20-13-21-18(15)29-4/h1,10-11,13H,6-9,12H2,2-4H3. The molecule has 0 aromatic carbocycles. The van der Waals surface area contributed by atoms with Crippen molar-refractivity contribution in [3.05, 3.63) is 24.3 Å². The smallest absolute Gasteiger partial charge is 0.227 e. The van der Waals surface area contributed by atoms with Crippen LogP contribution in [0.5, 0.6) is 11.8 Å². The molecular weight excluding hydrogens is 374 g/mol. The lowest BCUT2D eigenvalue weighted by Crippen LogP contribution is -2.31. The molecule has 0 fully saturated rings. The van der Waals surface area contributed by atoms with Crippen LogP contribution >= 0.6 is 0 Å². The number of carbonyl (C=O) groups excluding carboxylic acids is 1. The van der Waals surface area contributed by atoms with Gasteiger partial charge in [0, 0.05) is 38.9 Å². The first-order valence-electron chi connectivity index (χ1n) is 9.10. The minimum absolute atomic E-state index is 0.108. The fraction of sp³-hybridized carbons (Fsp3) is 0.474. The Morgan fingerprint density at radius 1 is 1.24 bits per heavy atom. The zero-order valence-electron chi connectivity index (χ0n) is 16.7. The van der Waals surface area contributed by atoms with E-state index in [4.69, 9.17) is 15.9 Å². The SMILES string of the molecule is C#CCCC1(CCC(=O)N(Cc2c(OC)ncnc2OC)c2cnn(C)c2)N=N1. The summed E-state index contributed by atoms with van der Waals surface area (Å²) in [6.45, 7) is 0.170. The van der Waals surface area contributed by atoms with E-state index >= 15 is 0 Å². The number of methoxy groups -OCH3 is 2. The predicted octanol–water partition coefficient (Wildman–Crippen LogP) is 2.12. The lowest BCUT2D eigenvalue weighted by atomic mass is 10.0. The summed E-state index contributed by atoms with van der Waals surface area (Å²) in [6, 6.07) is 0. The van der Waals surface area contributed by atoms with Crippen molar-refractivity contribution in [2.75, 3.05) is 19.1 Å². The average Bonchev–Trinajstić information content (AvgIpc) is 3.39. The molecule has 0 aliphatic carbocycles. The highest BCUT2D eigenvalue weighted by atomic mass is 16.5. The Morgan fingerprint density at radius 2 is 1.93 bits per heavy atom. The number of nitrogens with zero attached hydrogens (tertiary/aromatic N) is 7. The molecule has 10 nitrogen and oxygen atoms in total. The van der Waals surface area contributed by atoms with Crippen LogP contribution in [0.25, 0.3) is 0 Å². The second-order valence-electron chi connectivity index (χ2n) is 6.61. The largest absolute Gasteiger partial charge is 0.481 e. The summed E-state index contributed by atoms with van der Waals surface area (Å²) in [7, 11) is 4.80. The Labute approximate surface area is 169 Å². The van der Waals surface area contributed by atoms with Crippen molar-refractivity contribution in [2.24, 2.45) is 17.3 Å². The van der Waals surface area contributed by atoms with Crippen molar-refractivity contribution >= 4 is 11.6 Å². The average molecular weight is 397 g/mol. The minimum atomic E-state index is -0.520. The molecule has 1 aliphatic heterocycles. The number of hydrogen-bond donors (Lipinski definition) is 0. The van der Waals surface area contributed by atoms with Gasteiger partial charge in [-0.1, -0.05) is 0 Å². The maximum Gasteiger partial charge on any atom is 0.227 e. The molecule has 2 aromatic heterocycles. The summed E-state index contributed by atoms with van der Waals surface area (Å²) >= 11 is 0. The van der Waals surface area contributed by atoms with E-state index in [1.54, 1.807) is 29.0 Å². The minimum Gasteiger partial charge on any atom is -0.481 e. The molecule has 152 valence electrons. The molecule has 3 heterocycles. The number of amides is 1.